The molecule has 2 rings (SSSR count). The summed E-state index contributed by atoms with van der Waals surface area (Å²) in [6.07, 6.45) is 0.936. The summed E-state index contributed by atoms with van der Waals surface area (Å²) in [6.45, 7) is 7.87. The molecule has 1 aliphatic rings. The van der Waals surface area contributed by atoms with Crippen LogP contribution in [0.1, 0.15) is 26.0 Å². The van der Waals surface area contributed by atoms with Crippen LogP contribution in [-0.2, 0) is 4.74 Å². The largest absolute Gasteiger partial charge is 0.377 e. The third-order valence-electron chi connectivity index (χ3n) is 3.09. The molecule has 1 aromatic rings. The minimum Gasteiger partial charge on any atom is -0.377 e. The highest BCUT2D eigenvalue weighted by Crippen LogP contribution is 2.17. The summed E-state index contributed by atoms with van der Waals surface area (Å²) in [5, 5.41) is 6.53. The van der Waals surface area contributed by atoms with Gasteiger partial charge in [0.25, 0.3) is 0 Å². The van der Waals surface area contributed by atoms with Crippen molar-refractivity contribution in [2.75, 3.05) is 25.1 Å². The van der Waals surface area contributed by atoms with Crippen molar-refractivity contribution < 1.29 is 14.1 Å². The quantitative estimate of drug-likeness (QED) is 0.912. The summed E-state index contributed by atoms with van der Waals surface area (Å²) in [5.41, 5.74) is 0. The van der Waals surface area contributed by atoms with Crippen LogP contribution in [-0.4, -0.2) is 41.9 Å². The fourth-order valence-corrected chi connectivity index (χ4v) is 2.27. The molecule has 0 radical (unpaired) electrons. The average Bonchev–Trinajstić information content (AvgIpc) is 2.74. The highest BCUT2D eigenvalue weighted by Gasteiger charge is 2.28. The summed E-state index contributed by atoms with van der Waals surface area (Å²) in [6, 6.07) is 1.69. The minimum absolute atomic E-state index is 0.127. The zero-order chi connectivity index (χ0) is 13.8. The Balaban J connectivity index is 1.98. The van der Waals surface area contributed by atoms with Crippen LogP contribution in [0.5, 0.6) is 0 Å². The molecule has 0 saturated carbocycles. The van der Waals surface area contributed by atoms with E-state index in [2.05, 4.69) is 24.3 Å². The molecule has 2 heterocycles. The standard InChI is InChI=1S/C13H21N3O3/c1-9(2)6-11-8-18-5-4-16(11)13(17)14-12-7-10(3)19-15-12/h7,9,11H,4-6,8H2,1-3H3,(H,14,15,17)/t11-/m1/s1. The number of ether oxygens (including phenoxy) is 1. The van der Waals surface area contributed by atoms with Gasteiger partial charge in [0.1, 0.15) is 5.76 Å². The average molecular weight is 267 g/mol. The smallest absolute Gasteiger partial charge is 0.323 e. The predicted molar refractivity (Wildman–Crippen MR) is 71.0 cm³/mol. The van der Waals surface area contributed by atoms with Crippen LogP contribution >= 0.6 is 0 Å². The number of morpholine rings is 1. The van der Waals surface area contributed by atoms with Crippen LogP contribution in [0.15, 0.2) is 10.6 Å². The number of nitrogens with zero attached hydrogens (tertiary/aromatic N) is 2. The molecule has 1 atom stereocenters. The Labute approximate surface area is 113 Å². The zero-order valence-corrected chi connectivity index (χ0v) is 11.7. The van der Waals surface area contributed by atoms with E-state index in [4.69, 9.17) is 9.26 Å². The van der Waals surface area contributed by atoms with E-state index in [0.29, 0.717) is 37.3 Å². The number of carbonyl (C=O) groups excluding carboxylic acids is 1. The molecule has 0 unspecified atom stereocenters. The predicted octanol–water partition coefficient (Wildman–Crippen LogP) is 2.26. The molecule has 106 valence electrons. The molecule has 1 saturated heterocycles. The van der Waals surface area contributed by atoms with E-state index in [0.717, 1.165) is 6.42 Å². The number of urea groups is 1. The van der Waals surface area contributed by atoms with E-state index in [9.17, 15) is 4.79 Å². The Morgan fingerprint density at radius 2 is 2.42 bits per heavy atom. The third-order valence-corrected chi connectivity index (χ3v) is 3.09. The molecule has 1 aromatic heterocycles. The van der Waals surface area contributed by atoms with Crippen LogP contribution in [0.25, 0.3) is 0 Å². The second-order valence-electron chi connectivity index (χ2n) is 5.30. The Hall–Kier alpha value is -1.56. The van der Waals surface area contributed by atoms with Crippen molar-refractivity contribution in [3.05, 3.63) is 11.8 Å². The number of aryl methyl sites for hydroxylation is 1. The fraction of sp³-hybridized carbons (Fsp3) is 0.692. The highest BCUT2D eigenvalue weighted by atomic mass is 16.5. The maximum atomic E-state index is 12.2. The van der Waals surface area contributed by atoms with Gasteiger partial charge in [0.05, 0.1) is 19.3 Å². The first-order chi connectivity index (χ1) is 9.06. The van der Waals surface area contributed by atoms with Gasteiger partial charge in [-0.2, -0.15) is 0 Å². The summed E-state index contributed by atoms with van der Waals surface area (Å²) in [7, 11) is 0. The van der Waals surface area contributed by atoms with Gasteiger partial charge in [-0.3, -0.25) is 5.32 Å². The third kappa shape index (κ3) is 3.70. The molecular formula is C13H21N3O3. The monoisotopic (exact) mass is 267 g/mol. The van der Waals surface area contributed by atoms with Gasteiger partial charge in [0.2, 0.25) is 0 Å². The van der Waals surface area contributed by atoms with Gasteiger partial charge >= 0.3 is 6.03 Å². The van der Waals surface area contributed by atoms with Gasteiger partial charge < -0.3 is 14.2 Å². The van der Waals surface area contributed by atoms with Gasteiger partial charge in [0.15, 0.2) is 5.82 Å². The Morgan fingerprint density at radius 3 is 3.05 bits per heavy atom. The van der Waals surface area contributed by atoms with E-state index >= 15 is 0 Å². The Bertz CT molecular complexity index is 431. The van der Waals surface area contributed by atoms with Crippen LogP contribution < -0.4 is 5.32 Å². The topological polar surface area (TPSA) is 67.6 Å². The van der Waals surface area contributed by atoms with Crippen LogP contribution in [0.2, 0.25) is 0 Å². The number of anilines is 1. The molecule has 0 aliphatic carbocycles. The van der Waals surface area contributed by atoms with Crippen molar-refractivity contribution in [3.8, 4) is 0 Å². The minimum atomic E-state index is -0.137. The normalized spacial score (nSPS) is 19.8. The molecule has 0 aromatic carbocycles. The van der Waals surface area contributed by atoms with E-state index in [1.54, 1.807) is 13.0 Å². The summed E-state index contributed by atoms with van der Waals surface area (Å²) in [5.74, 6) is 1.66. The fourth-order valence-electron chi connectivity index (χ4n) is 2.27. The van der Waals surface area contributed by atoms with E-state index in [-0.39, 0.29) is 12.1 Å². The summed E-state index contributed by atoms with van der Waals surface area (Å²) >= 11 is 0. The molecule has 0 bridgehead atoms. The first kappa shape index (κ1) is 13.9. The highest BCUT2D eigenvalue weighted by molar-refractivity contribution is 5.88. The molecular weight excluding hydrogens is 246 g/mol. The van der Waals surface area contributed by atoms with Crippen molar-refractivity contribution in [2.45, 2.75) is 33.2 Å². The summed E-state index contributed by atoms with van der Waals surface area (Å²) < 4.78 is 10.4. The molecule has 1 N–H and O–H groups in total. The molecule has 0 spiro atoms. The van der Waals surface area contributed by atoms with E-state index < -0.39 is 0 Å². The number of hydrogen-bond acceptors (Lipinski definition) is 4. The van der Waals surface area contributed by atoms with Gasteiger partial charge in [-0.1, -0.05) is 19.0 Å². The number of amides is 2. The van der Waals surface area contributed by atoms with E-state index in [1.807, 2.05) is 4.90 Å². The number of rotatable bonds is 3. The number of aromatic nitrogens is 1. The zero-order valence-electron chi connectivity index (χ0n) is 11.7. The van der Waals surface area contributed by atoms with Crippen LogP contribution in [0.3, 0.4) is 0 Å². The molecule has 1 aliphatic heterocycles. The lowest BCUT2D eigenvalue weighted by Gasteiger charge is -2.36. The van der Waals surface area contributed by atoms with E-state index in [1.165, 1.54) is 0 Å². The number of nitrogens with one attached hydrogen (secondary N) is 1. The van der Waals surface area contributed by atoms with Gasteiger partial charge in [-0.25, -0.2) is 4.79 Å². The van der Waals surface area contributed by atoms with Gasteiger partial charge in [0, 0.05) is 12.6 Å². The lowest BCUT2D eigenvalue weighted by Crippen LogP contribution is -2.50. The van der Waals surface area contributed by atoms with Crippen molar-refractivity contribution in [1.29, 1.82) is 0 Å². The molecule has 6 heteroatoms. The summed E-state index contributed by atoms with van der Waals surface area (Å²) in [4.78, 5) is 14.1. The van der Waals surface area contributed by atoms with Gasteiger partial charge in [-0.15, -0.1) is 0 Å². The maximum absolute atomic E-state index is 12.2. The SMILES string of the molecule is Cc1cc(NC(=O)N2CCOC[C@H]2CC(C)C)no1. The van der Waals surface area contributed by atoms with Crippen molar-refractivity contribution in [3.63, 3.8) is 0 Å². The van der Waals surface area contributed by atoms with Crippen molar-refractivity contribution in [1.82, 2.24) is 10.1 Å². The first-order valence-corrected chi connectivity index (χ1v) is 6.65. The van der Waals surface area contributed by atoms with Crippen molar-refractivity contribution >= 4 is 11.8 Å². The Kier molecular flexibility index (Phi) is 4.42. The first-order valence-electron chi connectivity index (χ1n) is 6.65. The number of carbonyl (C=O) groups is 1. The lowest BCUT2D eigenvalue weighted by molar-refractivity contribution is 0.00854. The molecule has 1 fully saturated rings. The second kappa shape index (κ2) is 6.06. The number of hydrogen-bond donors (Lipinski definition) is 1. The lowest BCUT2D eigenvalue weighted by atomic mass is 10.0. The molecule has 2 amide bonds. The maximum Gasteiger partial charge on any atom is 0.323 e. The van der Waals surface area contributed by atoms with Gasteiger partial charge in [-0.05, 0) is 19.3 Å². The second-order valence-corrected chi connectivity index (χ2v) is 5.30. The Morgan fingerprint density at radius 1 is 1.63 bits per heavy atom. The van der Waals surface area contributed by atoms with Crippen LogP contribution in [0, 0.1) is 12.8 Å². The van der Waals surface area contributed by atoms with Crippen molar-refractivity contribution in [2.24, 2.45) is 5.92 Å². The molecule has 19 heavy (non-hydrogen) atoms. The van der Waals surface area contributed by atoms with Crippen LogP contribution in [0.4, 0.5) is 10.6 Å². The molecule has 6 nitrogen and oxygen atoms in total.